The summed E-state index contributed by atoms with van der Waals surface area (Å²) >= 11 is 0. The first kappa shape index (κ1) is 9.34. The summed E-state index contributed by atoms with van der Waals surface area (Å²) in [7, 11) is 1.78. The van der Waals surface area contributed by atoms with E-state index in [2.05, 4.69) is 10.3 Å². The normalized spacial score (nSPS) is 15.5. The monoisotopic (exact) mass is 190 g/mol. The van der Waals surface area contributed by atoms with Crippen molar-refractivity contribution in [3.8, 4) is 0 Å². The van der Waals surface area contributed by atoms with E-state index < -0.39 is 0 Å². The van der Waals surface area contributed by atoms with Gasteiger partial charge in [0.15, 0.2) is 5.78 Å². The standard InChI is InChI=1S/C11H14N2O/c1-12-7-11(14)10-6-13-5-4-9(10)8-2-3-8/h4-6,8,12H,2-3,7H2,1H3. The van der Waals surface area contributed by atoms with Crippen molar-refractivity contribution in [1.82, 2.24) is 10.3 Å². The van der Waals surface area contributed by atoms with Crippen LogP contribution in [0.25, 0.3) is 0 Å². The molecule has 1 aromatic heterocycles. The predicted octanol–water partition coefficient (Wildman–Crippen LogP) is 1.36. The van der Waals surface area contributed by atoms with Gasteiger partial charge in [-0.15, -0.1) is 0 Å². The van der Waals surface area contributed by atoms with Crippen molar-refractivity contribution in [1.29, 1.82) is 0 Å². The Kier molecular flexibility index (Phi) is 2.59. The van der Waals surface area contributed by atoms with E-state index in [1.165, 1.54) is 18.4 Å². The molecule has 2 rings (SSSR count). The van der Waals surface area contributed by atoms with E-state index in [0.29, 0.717) is 12.5 Å². The molecule has 1 aliphatic carbocycles. The lowest BCUT2D eigenvalue weighted by Gasteiger charge is -2.05. The summed E-state index contributed by atoms with van der Waals surface area (Å²) < 4.78 is 0. The molecule has 1 saturated carbocycles. The van der Waals surface area contributed by atoms with E-state index in [-0.39, 0.29) is 5.78 Å². The topological polar surface area (TPSA) is 42.0 Å². The van der Waals surface area contributed by atoms with Gasteiger partial charge >= 0.3 is 0 Å². The number of carbonyl (C=O) groups is 1. The summed E-state index contributed by atoms with van der Waals surface area (Å²) in [5.41, 5.74) is 1.98. The molecule has 0 aromatic carbocycles. The van der Waals surface area contributed by atoms with Crippen molar-refractivity contribution in [2.75, 3.05) is 13.6 Å². The van der Waals surface area contributed by atoms with E-state index >= 15 is 0 Å². The molecule has 3 heteroatoms. The molecule has 1 aromatic rings. The van der Waals surface area contributed by atoms with Gasteiger partial charge in [-0.3, -0.25) is 9.78 Å². The summed E-state index contributed by atoms with van der Waals surface area (Å²) in [5.74, 6) is 0.747. The number of ketones is 1. The summed E-state index contributed by atoms with van der Waals surface area (Å²) in [6.07, 6.45) is 5.88. The zero-order valence-electron chi connectivity index (χ0n) is 8.29. The number of likely N-dealkylation sites (N-methyl/N-ethyl adjacent to an activating group) is 1. The maximum Gasteiger partial charge on any atom is 0.178 e. The minimum Gasteiger partial charge on any atom is -0.313 e. The second-order valence-electron chi connectivity index (χ2n) is 3.69. The Balaban J connectivity index is 2.26. The molecule has 0 bridgehead atoms. The SMILES string of the molecule is CNCC(=O)c1cnccc1C1CC1. The molecule has 0 amide bonds. The first-order chi connectivity index (χ1) is 6.83. The lowest BCUT2D eigenvalue weighted by Crippen LogP contribution is -2.19. The molecule has 0 unspecified atom stereocenters. The fourth-order valence-corrected chi connectivity index (χ4v) is 1.64. The van der Waals surface area contributed by atoms with Gasteiger partial charge in [-0.25, -0.2) is 0 Å². The van der Waals surface area contributed by atoms with E-state index in [1.54, 1.807) is 19.4 Å². The molecule has 0 atom stereocenters. The van der Waals surface area contributed by atoms with Crippen molar-refractivity contribution >= 4 is 5.78 Å². The highest BCUT2D eigenvalue weighted by molar-refractivity contribution is 5.98. The Morgan fingerprint density at radius 3 is 3.07 bits per heavy atom. The smallest absolute Gasteiger partial charge is 0.178 e. The van der Waals surface area contributed by atoms with Crippen LogP contribution in [0.3, 0.4) is 0 Å². The van der Waals surface area contributed by atoms with Crippen molar-refractivity contribution in [3.05, 3.63) is 29.6 Å². The second kappa shape index (κ2) is 3.88. The number of aromatic nitrogens is 1. The van der Waals surface area contributed by atoms with Crippen LogP contribution in [0, 0.1) is 0 Å². The minimum absolute atomic E-state index is 0.141. The first-order valence-electron chi connectivity index (χ1n) is 4.94. The molecule has 1 aliphatic rings. The Hall–Kier alpha value is -1.22. The van der Waals surface area contributed by atoms with Crippen LogP contribution in [0.2, 0.25) is 0 Å². The quantitative estimate of drug-likeness (QED) is 0.729. The molecule has 1 heterocycles. The number of hydrogen-bond donors (Lipinski definition) is 1. The molecular weight excluding hydrogens is 176 g/mol. The van der Waals surface area contributed by atoms with Gasteiger partial charge in [0, 0.05) is 18.0 Å². The third-order valence-electron chi connectivity index (χ3n) is 2.51. The first-order valence-corrected chi connectivity index (χ1v) is 4.94. The Bertz CT molecular complexity index is 345. The number of rotatable bonds is 4. The predicted molar refractivity (Wildman–Crippen MR) is 54.5 cm³/mol. The number of pyridine rings is 1. The fourth-order valence-electron chi connectivity index (χ4n) is 1.64. The minimum atomic E-state index is 0.141. The van der Waals surface area contributed by atoms with Crippen LogP contribution in [-0.4, -0.2) is 24.4 Å². The largest absolute Gasteiger partial charge is 0.313 e. The van der Waals surface area contributed by atoms with Gasteiger partial charge in [0.2, 0.25) is 0 Å². The molecule has 14 heavy (non-hydrogen) atoms. The Morgan fingerprint density at radius 1 is 1.64 bits per heavy atom. The average molecular weight is 190 g/mol. The fraction of sp³-hybridized carbons (Fsp3) is 0.455. The molecule has 3 nitrogen and oxygen atoms in total. The number of nitrogens with zero attached hydrogens (tertiary/aromatic N) is 1. The number of Topliss-reactive ketones (excluding diaryl/α,β-unsaturated/α-hetero) is 1. The van der Waals surface area contributed by atoms with Crippen LogP contribution < -0.4 is 5.32 Å². The van der Waals surface area contributed by atoms with E-state index in [1.807, 2.05) is 6.07 Å². The highest BCUT2D eigenvalue weighted by Crippen LogP contribution is 2.41. The third-order valence-corrected chi connectivity index (χ3v) is 2.51. The van der Waals surface area contributed by atoms with Crippen LogP contribution >= 0.6 is 0 Å². The lowest BCUT2D eigenvalue weighted by molar-refractivity contribution is 0.0992. The van der Waals surface area contributed by atoms with Gasteiger partial charge in [-0.2, -0.15) is 0 Å². The molecule has 0 spiro atoms. The molecule has 0 aliphatic heterocycles. The van der Waals surface area contributed by atoms with Crippen LogP contribution in [0.1, 0.15) is 34.7 Å². The third kappa shape index (κ3) is 1.82. The number of nitrogens with one attached hydrogen (secondary N) is 1. The summed E-state index contributed by atoms with van der Waals surface area (Å²) in [6.45, 7) is 0.394. The molecule has 0 saturated heterocycles. The summed E-state index contributed by atoms with van der Waals surface area (Å²) in [4.78, 5) is 15.7. The van der Waals surface area contributed by atoms with Gasteiger partial charge < -0.3 is 5.32 Å². The maximum atomic E-state index is 11.7. The highest BCUT2D eigenvalue weighted by atomic mass is 16.1. The van der Waals surface area contributed by atoms with Crippen LogP contribution in [0.15, 0.2) is 18.5 Å². The molecule has 1 fully saturated rings. The number of carbonyl (C=O) groups excluding carboxylic acids is 1. The van der Waals surface area contributed by atoms with Gasteiger partial charge in [0.25, 0.3) is 0 Å². The van der Waals surface area contributed by atoms with Gasteiger partial charge in [0.1, 0.15) is 0 Å². The second-order valence-corrected chi connectivity index (χ2v) is 3.69. The van der Waals surface area contributed by atoms with Gasteiger partial charge in [-0.05, 0) is 37.4 Å². The molecular formula is C11H14N2O. The van der Waals surface area contributed by atoms with Gasteiger partial charge in [0.05, 0.1) is 6.54 Å². The van der Waals surface area contributed by atoms with E-state index in [4.69, 9.17) is 0 Å². The molecule has 74 valence electrons. The summed E-state index contributed by atoms with van der Waals surface area (Å²) in [6, 6.07) is 1.97. The Morgan fingerprint density at radius 2 is 2.43 bits per heavy atom. The number of hydrogen-bond acceptors (Lipinski definition) is 3. The van der Waals surface area contributed by atoms with Crippen LogP contribution in [-0.2, 0) is 0 Å². The average Bonchev–Trinajstić information content (AvgIpc) is 3.01. The van der Waals surface area contributed by atoms with Gasteiger partial charge in [-0.1, -0.05) is 0 Å². The summed E-state index contributed by atoms with van der Waals surface area (Å²) in [5, 5.41) is 2.88. The van der Waals surface area contributed by atoms with E-state index in [0.717, 1.165) is 5.56 Å². The zero-order valence-corrected chi connectivity index (χ0v) is 8.29. The Labute approximate surface area is 83.5 Å². The van der Waals surface area contributed by atoms with Crippen LogP contribution in [0.5, 0.6) is 0 Å². The lowest BCUT2D eigenvalue weighted by atomic mass is 10.0. The van der Waals surface area contributed by atoms with Crippen molar-refractivity contribution in [2.24, 2.45) is 0 Å². The van der Waals surface area contributed by atoms with Crippen LogP contribution in [0.4, 0.5) is 0 Å². The zero-order chi connectivity index (χ0) is 9.97. The van der Waals surface area contributed by atoms with E-state index in [9.17, 15) is 4.79 Å². The van der Waals surface area contributed by atoms with Crippen molar-refractivity contribution in [3.63, 3.8) is 0 Å². The molecule has 1 N–H and O–H groups in total. The maximum absolute atomic E-state index is 11.7. The molecule has 0 radical (unpaired) electrons. The van der Waals surface area contributed by atoms with Crippen molar-refractivity contribution < 1.29 is 4.79 Å². The highest BCUT2D eigenvalue weighted by Gasteiger charge is 2.27. The van der Waals surface area contributed by atoms with Crippen molar-refractivity contribution in [2.45, 2.75) is 18.8 Å².